The first kappa shape index (κ1) is 20.2. The molecule has 1 aliphatic rings. The van der Waals surface area contributed by atoms with Gasteiger partial charge in [0.25, 0.3) is 11.1 Å². The van der Waals surface area contributed by atoms with Gasteiger partial charge in [0.15, 0.2) is 0 Å². The second-order valence-corrected chi connectivity index (χ2v) is 7.51. The maximum atomic E-state index is 12.5. The van der Waals surface area contributed by atoms with Crippen LogP contribution >= 0.6 is 23.4 Å². The molecule has 1 aliphatic heterocycles. The molecule has 146 valence electrons. The highest BCUT2D eigenvalue weighted by Gasteiger charge is 2.35. The highest BCUT2D eigenvalue weighted by atomic mass is 35.5. The van der Waals surface area contributed by atoms with Crippen LogP contribution in [0.25, 0.3) is 6.08 Å². The van der Waals surface area contributed by atoms with Crippen molar-refractivity contribution in [1.29, 1.82) is 0 Å². The van der Waals surface area contributed by atoms with Gasteiger partial charge in [0.05, 0.1) is 11.2 Å². The number of aryl methyl sites for hydroxylation is 1. The summed E-state index contributed by atoms with van der Waals surface area (Å²) in [6, 6.07) is 7.08. The van der Waals surface area contributed by atoms with Crippen molar-refractivity contribution in [1.82, 2.24) is 19.8 Å². The number of hydrogen-bond donors (Lipinski definition) is 1. The molecule has 0 unspecified atom stereocenters. The summed E-state index contributed by atoms with van der Waals surface area (Å²) < 4.78 is 1.93. The van der Waals surface area contributed by atoms with Crippen LogP contribution in [0.3, 0.4) is 0 Å². The van der Waals surface area contributed by atoms with Gasteiger partial charge in [-0.15, -0.1) is 0 Å². The van der Waals surface area contributed by atoms with Crippen molar-refractivity contribution >= 4 is 46.5 Å². The third-order valence-corrected chi connectivity index (χ3v) is 5.35. The van der Waals surface area contributed by atoms with Crippen molar-refractivity contribution in [2.24, 2.45) is 0 Å². The van der Waals surface area contributed by atoms with E-state index in [4.69, 9.17) is 11.6 Å². The molecule has 1 N–H and O–H groups in total. The zero-order chi connectivity index (χ0) is 19.9. The van der Waals surface area contributed by atoms with E-state index in [9.17, 15) is 14.4 Å². The van der Waals surface area contributed by atoms with E-state index in [-0.39, 0.29) is 24.1 Å². The summed E-state index contributed by atoms with van der Waals surface area (Å²) in [5.41, 5.74) is 0.672. The summed E-state index contributed by atoms with van der Waals surface area (Å²) in [5, 5.41) is 2.92. The van der Waals surface area contributed by atoms with Crippen molar-refractivity contribution in [2.45, 2.75) is 19.4 Å². The molecule has 3 rings (SSSR count). The monoisotopic (exact) mass is 418 g/mol. The number of aromatic nitrogens is 2. The normalized spacial score (nSPS) is 15.5. The molecule has 0 bridgehead atoms. The summed E-state index contributed by atoms with van der Waals surface area (Å²) in [4.78, 5) is 41.9. The minimum Gasteiger partial charge on any atom is -0.356 e. The Labute approximate surface area is 171 Å². The van der Waals surface area contributed by atoms with Gasteiger partial charge in [0.2, 0.25) is 5.91 Å². The minimum absolute atomic E-state index is 0.0535. The van der Waals surface area contributed by atoms with Gasteiger partial charge in [0.1, 0.15) is 0 Å². The third kappa shape index (κ3) is 5.24. The number of benzene rings is 1. The number of rotatable bonds is 8. The predicted octanol–water partition coefficient (Wildman–Crippen LogP) is 3.17. The number of hydrogen-bond acceptors (Lipinski definition) is 5. The molecule has 1 aromatic heterocycles. The van der Waals surface area contributed by atoms with Crippen LogP contribution in [0.2, 0.25) is 5.02 Å². The molecule has 2 aromatic rings. The van der Waals surface area contributed by atoms with Crippen LogP contribution in [0, 0.1) is 0 Å². The fourth-order valence-corrected chi connectivity index (χ4v) is 3.68. The SMILES string of the molecule is O=C(CCN1C(=O)S/C(=C\c2ccccc2Cl)C1=O)NCCCn1ccnc1. The number of imide groups is 1. The molecule has 0 saturated carbocycles. The van der Waals surface area contributed by atoms with Crippen LogP contribution in [0.5, 0.6) is 0 Å². The van der Waals surface area contributed by atoms with E-state index >= 15 is 0 Å². The van der Waals surface area contributed by atoms with E-state index < -0.39 is 5.91 Å². The lowest BCUT2D eigenvalue weighted by atomic mass is 10.2. The van der Waals surface area contributed by atoms with Crippen molar-refractivity contribution < 1.29 is 14.4 Å². The first-order valence-corrected chi connectivity index (χ1v) is 9.96. The number of nitrogens with zero attached hydrogens (tertiary/aromatic N) is 3. The number of carbonyl (C=O) groups excluding carboxylic acids is 3. The van der Waals surface area contributed by atoms with E-state index in [1.807, 2.05) is 10.8 Å². The van der Waals surface area contributed by atoms with Crippen LogP contribution in [0.1, 0.15) is 18.4 Å². The molecule has 1 aromatic carbocycles. The average molecular weight is 419 g/mol. The molecule has 9 heteroatoms. The lowest BCUT2D eigenvalue weighted by molar-refractivity contribution is -0.124. The van der Waals surface area contributed by atoms with Crippen LogP contribution in [0.15, 0.2) is 47.9 Å². The predicted molar refractivity (Wildman–Crippen MR) is 109 cm³/mol. The maximum Gasteiger partial charge on any atom is 0.293 e. The van der Waals surface area contributed by atoms with Gasteiger partial charge in [-0.05, 0) is 35.9 Å². The second-order valence-electron chi connectivity index (χ2n) is 6.11. The topological polar surface area (TPSA) is 84.3 Å². The quantitative estimate of drug-likeness (QED) is 0.525. The van der Waals surface area contributed by atoms with Crippen LogP contribution in [0.4, 0.5) is 4.79 Å². The third-order valence-electron chi connectivity index (χ3n) is 4.10. The van der Waals surface area contributed by atoms with Gasteiger partial charge >= 0.3 is 0 Å². The number of amides is 3. The van der Waals surface area contributed by atoms with Gasteiger partial charge in [-0.3, -0.25) is 19.3 Å². The molecule has 0 spiro atoms. The maximum absolute atomic E-state index is 12.5. The molecule has 0 aliphatic carbocycles. The smallest absolute Gasteiger partial charge is 0.293 e. The van der Waals surface area contributed by atoms with Crippen LogP contribution in [-0.4, -0.2) is 44.6 Å². The summed E-state index contributed by atoms with van der Waals surface area (Å²) in [6.45, 7) is 1.33. The Kier molecular flexibility index (Phi) is 6.89. The van der Waals surface area contributed by atoms with Crippen LogP contribution < -0.4 is 5.32 Å². The molecule has 1 fully saturated rings. The van der Waals surface area contributed by atoms with Crippen LogP contribution in [-0.2, 0) is 16.1 Å². The summed E-state index contributed by atoms with van der Waals surface area (Å²) >= 11 is 6.95. The first-order chi connectivity index (χ1) is 13.5. The second kappa shape index (κ2) is 9.57. The average Bonchev–Trinajstić information content (AvgIpc) is 3.28. The Morgan fingerprint density at radius 3 is 2.82 bits per heavy atom. The fraction of sp³-hybridized carbons (Fsp3) is 0.263. The molecular formula is C19H19ClN4O3S. The first-order valence-electron chi connectivity index (χ1n) is 8.77. The molecule has 28 heavy (non-hydrogen) atoms. The number of halogens is 1. The fourth-order valence-electron chi connectivity index (χ4n) is 2.64. The number of imidazole rings is 1. The van der Waals surface area contributed by atoms with E-state index in [1.54, 1.807) is 42.9 Å². The summed E-state index contributed by atoms with van der Waals surface area (Å²) in [7, 11) is 0. The van der Waals surface area contributed by atoms with Crippen molar-refractivity contribution in [3.05, 3.63) is 58.5 Å². The number of thioether (sulfide) groups is 1. The van der Waals surface area contributed by atoms with Gasteiger partial charge in [-0.2, -0.15) is 0 Å². The van der Waals surface area contributed by atoms with Crippen molar-refractivity contribution in [2.75, 3.05) is 13.1 Å². The Morgan fingerprint density at radius 1 is 1.25 bits per heavy atom. The van der Waals surface area contributed by atoms with E-state index in [1.165, 1.54) is 0 Å². The summed E-state index contributed by atoms with van der Waals surface area (Å²) in [5.74, 6) is -0.595. The van der Waals surface area contributed by atoms with E-state index in [2.05, 4.69) is 10.3 Å². The Morgan fingerprint density at radius 2 is 2.07 bits per heavy atom. The highest BCUT2D eigenvalue weighted by Crippen LogP contribution is 2.33. The zero-order valence-corrected chi connectivity index (χ0v) is 16.6. The van der Waals surface area contributed by atoms with E-state index in [0.717, 1.165) is 29.6 Å². The largest absolute Gasteiger partial charge is 0.356 e. The molecule has 2 heterocycles. The number of nitrogens with one attached hydrogen (secondary N) is 1. The molecule has 1 saturated heterocycles. The lowest BCUT2D eigenvalue weighted by Gasteiger charge is -2.12. The van der Waals surface area contributed by atoms with Gasteiger partial charge < -0.3 is 9.88 Å². The molecular weight excluding hydrogens is 400 g/mol. The van der Waals surface area contributed by atoms with Gasteiger partial charge in [-0.25, -0.2) is 4.98 Å². The van der Waals surface area contributed by atoms with E-state index in [0.29, 0.717) is 22.0 Å². The Hall–Kier alpha value is -2.58. The van der Waals surface area contributed by atoms with Gasteiger partial charge in [0, 0.05) is 43.5 Å². The number of carbonyl (C=O) groups is 3. The lowest BCUT2D eigenvalue weighted by Crippen LogP contribution is -2.34. The standard InChI is InChI=1S/C19H19ClN4O3S/c20-15-5-2-1-4-14(15)12-16-18(26)24(19(27)28-16)10-6-17(25)22-7-3-9-23-11-8-21-13-23/h1-2,4-5,8,11-13H,3,6-7,9-10H2,(H,22,25)/b16-12-. The minimum atomic E-state index is -0.400. The molecule has 7 nitrogen and oxygen atoms in total. The molecule has 3 amide bonds. The zero-order valence-electron chi connectivity index (χ0n) is 15.0. The molecule has 0 radical (unpaired) electrons. The van der Waals surface area contributed by atoms with Crippen molar-refractivity contribution in [3.8, 4) is 0 Å². The molecule has 0 atom stereocenters. The Balaban J connectivity index is 1.46. The van der Waals surface area contributed by atoms with Crippen molar-refractivity contribution in [3.63, 3.8) is 0 Å². The Bertz CT molecular complexity index is 898. The highest BCUT2D eigenvalue weighted by molar-refractivity contribution is 8.18. The summed E-state index contributed by atoms with van der Waals surface area (Å²) in [6.07, 6.45) is 7.72. The van der Waals surface area contributed by atoms with Gasteiger partial charge in [-0.1, -0.05) is 29.8 Å².